The highest BCUT2D eigenvalue weighted by atomic mass is 16.6. The van der Waals surface area contributed by atoms with Gasteiger partial charge in [-0.3, -0.25) is 0 Å². The average molecular weight is 248 g/mol. The van der Waals surface area contributed by atoms with E-state index in [2.05, 4.69) is 0 Å². The summed E-state index contributed by atoms with van der Waals surface area (Å²) in [5.74, 6) is 0.609. The van der Waals surface area contributed by atoms with E-state index in [1.165, 1.54) is 5.56 Å². The molecule has 1 aliphatic heterocycles. The highest BCUT2D eigenvalue weighted by molar-refractivity contribution is 5.70. The van der Waals surface area contributed by atoms with Gasteiger partial charge in [0.2, 0.25) is 0 Å². The molecule has 4 nitrogen and oxygen atoms in total. The van der Waals surface area contributed by atoms with Crippen LogP contribution in [0.25, 0.3) is 0 Å². The van der Waals surface area contributed by atoms with Gasteiger partial charge >= 0.3 is 6.09 Å². The first-order chi connectivity index (χ1) is 8.56. The van der Waals surface area contributed by atoms with Crippen molar-refractivity contribution in [1.29, 1.82) is 0 Å². The van der Waals surface area contributed by atoms with Crippen LogP contribution in [0.4, 0.5) is 4.79 Å². The molecule has 1 saturated heterocycles. The number of hydrogen-bond acceptors (Lipinski definition) is 3. The molecule has 0 spiro atoms. The molecule has 0 bridgehead atoms. The Hall–Kier alpha value is -1.55. The number of rotatable bonds is 1. The number of piperidine rings is 1. The second-order valence-electron chi connectivity index (χ2n) is 4.94. The van der Waals surface area contributed by atoms with Gasteiger partial charge in [0.15, 0.2) is 0 Å². The third-order valence-electron chi connectivity index (χ3n) is 3.48. The maximum absolute atomic E-state index is 11.9. The first kappa shape index (κ1) is 12.9. The third kappa shape index (κ3) is 3.01. The van der Waals surface area contributed by atoms with E-state index in [0.29, 0.717) is 18.8 Å². The van der Waals surface area contributed by atoms with Gasteiger partial charge in [-0.2, -0.15) is 0 Å². The normalized spacial score (nSPS) is 16.7. The van der Waals surface area contributed by atoms with Crippen LogP contribution in [0.15, 0.2) is 18.2 Å². The SMILES string of the molecule is Cc1ccc(OC(=O)N2CCC(N)CC2)cc1C. The fraction of sp³-hybridized carbons (Fsp3) is 0.500. The Kier molecular flexibility index (Phi) is 3.87. The van der Waals surface area contributed by atoms with E-state index in [1.807, 2.05) is 32.0 Å². The summed E-state index contributed by atoms with van der Waals surface area (Å²) in [6, 6.07) is 5.90. The largest absolute Gasteiger partial charge is 0.415 e. The molecular weight excluding hydrogens is 228 g/mol. The fourth-order valence-corrected chi connectivity index (χ4v) is 2.02. The van der Waals surface area contributed by atoms with Gasteiger partial charge in [0.05, 0.1) is 0 Å². The molecule has 0 atom stereocenters. The van der Waals surface area contributed by atoms with Crippen LogP contribution in [0.3, 0.4) is 0 Å². The molecule has 1 aliphatic rings. The smallest absolute Gasteiger partial charge is 0.410 e. The average Bonchev–Trinajstić information content (AvgIpc) is 2.34. The Labute approximate surface area is 108 Å². The van der Waals surface area contributed by atoms with Crippen molar-refractivity contribution in [3.8, 4) is 5.75 Å². The predicted octanol–water partition coefficient (Wildman–Crippen LogP) is 2.23. The molecule has 2 rings (SSSR count). The van der Waals surface area contributed by atoms with Gasteiger partial charge in [-0.1, -0.05) is 6.07 Å². The molecule has 1 aromatic rings. The highest BCUT2D eigenvalue weighted by Crippen LogP contribution is 2.18. The number of benzene rings is 1. The van der Waals surface area contributed by atoms with Crippen LogP contribution in [0.1, 0.15) is 24.0 Å². The summed E-state index contributed by atoms with van der Waals surface area (Å²) < 4.78 is 5.37. The number of ether oxygens (including phenoxy) is 1. The summed E-state index contributed by atoms with van der Waals surface area (Å²) >= 11 is 0. The topological polar surface area (TPSA) is 55.6 Å². The van der Waals surface area contributed by atoms with Crippen molar-refractivity contribution < 1.29 is 9.53 Å². The Morgan fingerprint density at radius 2 is 1.94 bits per heavy atom. The molecule has 2 N–H and O–H groups in total. The van der Waals surface area contributed by atoms with Crippen molar-refractivity contribution in [3.05, 3.63) is 29.3 Å². The molecule has 18 heavy (non-hydrogen) atoms. The molecule has 0 aliphatic carbocycles. The molecule has 1 fully saturated rings. The van der Waals surface area contributed by atoms with E-state index < -0.39 is 0 Å². The minimum absolute atomic E-state index is 0.218. The first-order valence-corrected chi connectivity index (χ1v) is 6.36. The zero-order chi connectivity index (χ0) is 13.1. The molecule has 4 heteroatoms. The molecule has 1 amide bonds. The summed E-state index contributed by atoms with van der Waals surface area (Å²) in [7, 11) is 0. The van der Waals surface area contributed by atoms with Crippen LogP contribution in [0, 0.1) is 13.8 Å². The Morgan fingerprint density at radius 3 is 2.56 bits per heavy atom. The van der Waals surface area contributed by atoms with Crippen LogP contribution in [0.2, 0.25) is 0 Å². The lowest BCUT2D eigenvalue weighted by molar-refractivity contribution is 0.139. The minimum atomic E-state index is -0.273. The third-order valence-corrected chi connectivity index (χ3v) is 3.48. The van der Waals surface area contributed by atoms with E-state index in [9.17, 15) is 4.79 Å². The summed E-state index contributed by atoms with van der Waals surface area (Å²) in [5.41, 5.74) is 8.13. The van der Waals surface area contributed by atoms with Crippen molar-refractivity contribution in [2.45, 2.75) is 32.7 Å². The van der Waals surface area contributed by atoms with Crippen molar-refractivity contribution >= 4 is 6.09 Å². The Balaban J connectivity index is 1.96. The predicted molar refractivity (Wildman–Crippen MR) is 70.7 cm³/mol. The van der Waals surface area contributed by atoms with Gasteiger partial charge in [0, 0.05) is 19.1 Å². The van der Waals surface area contributed by atoms with Gasteiger partial charge < -0.3 is 15.4 Å². The summed E-state index contributed by atoms with van der Waals surface area (Å²) in [4.78, 5) is 13.7. The van der Waals surface area contributed by atoms with E-state index in [0.717, 1.165) is 18.4 Å². The van der Waals surface area contributed by atoms with Crippen molar-refractivity contribution in [1.82, 2.24) is 4.90 Å². The number of aryl methyl sites for hydroxylation is 2. The number of carbonyl (C=O) groups excluding carboxylic acids is 1. The Morgan fingerprint density at radius 1 is 1.28 bits per heavy atom. The van der Waals surface area contributed by atoms with Crippen molar-refractivity contribution in [3.63, 3.8) is 0 Å². The van der Waals surface area contributed by atoms with E-state index in [-0.39, 0.29) is 12.1 Å². The second kappa shape index (κ2) is 5.40. The molecule has 1 aromatic carbocycles. The summed E-state index contributed by atoms with van der Waals surface area (Å²) in [5, 5.41) is 0. The maximum atomic E-state index is 11.9. The standard InChI is InChI=1S/C14H20N2O2/c1-10-3-4-13(9-11(10)2)18-14(17)16-7-5-12(15)6-8-16/h3-4,9,12H,5-8,15H2,1-2H3. The lowest BCUT2D eigenvalue weighted by Gasteiger charge is -2.29. The minimum Gasteiger partial charge on any atom is -0.410 e. The van der Waals surface area contributed by atoms with Gasteiger partial charge in [0.25, 0.3) is 0 Å². The van der Waals surface area contributed by atoms with Crippen LogP contribution in [-0.2, 0) is 0 Å². The lowest BCUT2D eigenvalue weighted by Crippen LogP contribution is -2.44. The molecule has 1 heterocycles. The second-order valence-corrected chi connectivity index (χ2v) is 4.94. The highest BCUT2D eigenvalue weighted by Gasteiger charge is 2.22. The zero-order valence-electron chi connectivity index (χ0n) is 11.0. The van der Waals surface area contributed by atoms with Gasteiger partial charge in [-0.25, -0.2) is 4.79 Å². The summed E-state index contributed by atoms with van der Waals surface area (Å²) in [6.07, 6.45) is 1.43. The number of nitrogens with two attached hydrogens (primary N) is 1. The van der Waals surface area contributed by atoms with E-state index in [4.69, 9.17) is 10.5 Å². The van der Waals surface area contributed by atoms with Crippen LogP contribution in [-0.4, -0.2) is 30.1 Å². The number of hydrogen-bond donors (Lipinski definition) is 1. The summed E-state index contributed by atoms with van der Waals surface area (Å²) in [6.45, 7) is 5.41. The van der Waals surface area contributed by atoms with Crippen LogP contribution < -0.4 is 10.5 Å². The first-order valence-electron chi connectivity index (χ1n) is 6.36. The van der Waals surface area contributed by atoms with E-state index >= 15 is 0 Å². The van der Waals surface area contributed by atoms with Gasteiger partial charge in [0.1, 0.15) is 5.75 Å². The zero-order valence-corrected chi connectivity index (χ0v) is 11.0. The Bertz CT molecular complexity index is 437. The monoisotopic (exact) mass is 248 g/mol. The maximum Gasteiger partial charge on any atom is 0.415 e. The number of amides is 1. The molecule has 0 aromatic heterocycles. The number of likely N-dealkylation sites (tertiary alicyclic amines) is 1. The molecule has 98 valence electrons. The fourth-order valence-electron chi connectivity index (χ4n) is 2.02. The van der Waals surface area contributed by atoms with Gasteiger partial charge in [-0.15, -0.1) is 0 Å². The molecule has 0 unspecified atom stereocenters. The van der Waals surface area contributed by atoms with Crippen LogP contribution >= 0.6 is 0 Å². The lowest BCUT2D eigenvalue weighted by atomic mass is 10.1. The van der Waals surface area contributed by atoms with Gasteiger partial charge in [-0.05, 0) is 49.9 Å². The van der Waals surface area contributed by atoms with Crippen LogP contribution in [0.5, 0.6) is 5.75 Å². The van der Waals surface area contributed by atoms with Crippen molar-refractivity contribution in [2.75, 3.05) is 13.1 Å². The van der Waals surface area contributed by atoms with Crippen molar-refractivity contribution in [2.24, 2.45) is 5.73 Å². The number of carbonyl (C=O) groups is 1. The quantitative estimate of drug-likeness (QED) is 0.829. The number of nitrogens with zero attached hydrogens (tertiary/aromatic N) is 1. The van der Waals surface area contributed by atoms with E-state index in [1.54, 1.807) is 4.90 Å². The molecule has 0 radical (unpaired) electrons. The molecular formula is C14H20N2O2. The molecule has 0 saturated carbocycles.